The van der Waals surface area contributed by atoms with Crippen molar-refractivity contribution >= 4 is 17.7 Å². The zero-order valence-corrected chi connectivity index (χ0v) is 18.8. The number of hydrogen-bond donors (Lipinski definition) is 1. The maximum atomic E-state index is 12.3. The number of nitriles is 1. The SMILES string of the molecule is CC(C)CCCNC(=O)c1cccc(OCC(OCCOCC(C)C)SC#N)c1. The summed E-state index contributed by atoms with van der Waals surface area (Å²) in [6.45, 7) is 10.9. The van der Waals surface area contributed by atoms with Crippen molar-refractivity contribution in [2.75, 3.05) is 33.0 Å². The number of carbonyl (C=O) groups is 1. The van der Waals surface area contributed by atoms with Gasteiger partial charge in [-0.1, -0.05) is 33.8 Å². The van der Waals surface area contributed by atoms with Crippen LogP contribution in [0.1, 0.15) is 50.9 Å². The van der Waals surface area contributed by atoms with Crippen LogP contribution in [-0.2, 0) is 9.47 Å². The fourth-order valence-electron chi connectivity index (χ4n) is 2.44. The fraction of sp³-hybridized carbons (Fsp3) is 0.636. The molecule has 7 heteroatoms. The van der Waals surface area contributed by atoms with E-state index in [0.29, 0.717) is 49.5 Å². The summed E-state index contributed by atoms with van der Waals surface area (Å²) in [6, 6.07) is 7.03. The van der Waals surface area contributed by atoms with E-state index >= 15 is 0 Å². The van der Waals surface area contributed by atoms with E-state index in [4.69, 9.17) is 19.5 Å². The average molecular weight is 423 g/mol. The normalized spacial score (nSPS) is 12.0. The van der Waals surface area contributed by atoms with Gasteiger partial charge >= 0.3 is 0 Å². The molecular weight excluding hydrogens is 388 g/mol. The standard InChI is InChI=1S/C22H34N2O4S/c1-17(2)7-6-10-24-22(25)19-8-5-9-20(13-19)28-15-21(29-16-23)27-12-11-26-14-18(3)4/h5,8-9,13,17-18,21H,6-7,10-12,14-15H2,1-4H3,(H,24,25). The van der Waals surface area contributed by atoms with Crippen molar-refractivity contribution in [1.82, 2.24) is 5.32 Å². The molecule has 0 saturated carbocycles. The third-order valence-corrected chi connectivity index (χ3v) is 4.53. The Morgan fingerprint density at radius 2 is 1.97 bits per heavy atom. The number of amides is 1. The highest BCUT2D eigenvalue weighted by molar-refractivity contribution is 8.04. The second-order valence-electron chi connectivity index (χ2n) is 7.61. The summed E-state index contributed by atoms with van der Waals surface area (Å²) in [5.41, 5.74) is 0.135. The third kappa shape index (κ3) is 12.4. The molecule has 6 nitrogen and oxygen atoms in total. The molecule has 1 aromatic rings. The van der Waals surface area contributed by atoms with Crippen molar-refractivity contribution in [3.8, 4) is 11.2 Å². The van der Waals surface area contributed by atoms with Crippen LogP contribution < -0.4 is 10.1 Å². The van der Waals surface area contributed by atoms with Crippen molar-refractivity contribution in [2.45, 2.75) is 46.0 Å². The highest BCUT2D eigenvalue weighted by Crippen LogP contribution is 2.17. The van der Waals surface area contributed by atoms with E-state index in [1.54, 1.807) is 24.3 Å². The molecule has 0 fully saturated rings. The molecule has 0 spiro atoms. The maximum Gasteiger partial charge on any atom is 0.251 e. The molecule has 0 bridgehead atoms. The van der Waals surface area contributed by atoms with Gasteiger partial charge in [0.15, 0.2) is 5.44 Å². The summed E-state index contributed by atoms with van der Waals surface area (Å²) in [5.74, 6) is 1.57. The molecule has 1 amide bonds. The molecule has 0 aliphatic carbocycles. The molecule has 1 atom stereocenters. The first-order valence-electron chi connectivity index (χ1n) is 10.2. The van der Waals surface area contributed by atoms with Crippen LogP contribution in [0, 0.1) is 22.5 Å². The Hall–Kier alpha value is -1.75. The van der Waals surface area contributed by atoms with Gasteiger partial charge in [0.25, 0.3) is 5.91 Å². The first kappa shape index (κ1) is 25.3. The van der Waals surface area contributed by atoms with Crippen molar-refractivity contribution in [3.05, 3.63) is 29.8 Å². The van der Waals surface area contributed by atoms with Crippen LogP contribution in [0.2, 0.25) is 0 Å². The minimum absolute atomic E-state index is 0.110. The fourth-order valence-corrected chi connectivity index (χ4v) is 2.86. The number of hydrogen-bond acceptors (Lipinski definition) is 6. The van der Waals surface area contributed by atoms with Crippen molar-refractivity contribution in [2.24, 2.45) is 11.8 Å². The van der Waals surface area contributed by atoms with Gasteiger partial charge in [0.1, 0.15) is 17.8 Å². The number of nitrogens with one attached hydrogen (secondary N) is 1. The second kappa shape index (κ2) is 15.1. The summed E-state index contributed by atoms with van der Waals surface area (Å²) in [7, 11) is 0. The van der Waals surface area contributed by atoms with Crippen LogP contribution in [0.5, 0.6) is 5.75 Å². The van der Waals surface area contributed by atoms with Crippen LogP contribution in [0.3, 0.4) is 0 Å². The van der Waals surface area contributed by atoms with Gasteiger partial charge < -0.3 is 19.5 Å². The molecule has 0 aliphatic heterocycles. The molecular formula is C22H34N2O4S. The lowest BCUT2D eigenvalue weighted by molar-refractivity contribution is 0.0163. The molecule has 29 heavy (non-hydrogen) atoms. The van der Waals surface area contributed by atoms with Gasteiger partial charge in [-0.25, -0.2) is 0 Å². The number of thiocyanates is 1. The molecule has 0 heterocycles. The van der Waals surface area contributed by atoms with Gasteiger partial charge in [0, 0.05) is 18.7 Å². The summed E-state index contributed by atoms with van der Waals surface area (Å²) < 4.78 is 16.9. The number of ether oxygens (including phenoxy) is 3. The molecule has 1 N–H and O–H groups in total. The summed E-state index contributed by atoms with van der Waals surface area (Å²) in [6.07, 6.45) is 2.05. The van der Waals surface area contributed by atoms with Crippen molar-refractivity contribution < 1.29 is 19.0 Å². The number of nitrogens with zero attached hydrogens (tertiary/aromatic N) is 1. The van der Waals surface area contributed by atoms with Crippen LogP contribution in [0.15, 0.2) is 24.3 Å². The molecule has 162 valence electrons. The quantitative estimate of drug-likeness (QED) is 0.255. The summed E-state index contributed by atoms with van der Waals surface area (Å²) in [5, 5.41) is 13.9. The van der Waals surface area contributed by atoms with E-state index in [2.05, 4.69) is 33.0 Å². The Labute approximate surface area is 179 Å². The van der Waals surface area contributed by atoms with E-state index in [1.807, 2.05) is 5.40 Å². The van der Waals surface area contributed by atoms with E-state index < -0.39 is 5.44 Å². The zero-order valence-electron chi connectivity index (χ0n) is 18.0. The number of thioether (sulfide) groups is 1. The van der Waals surface area contributed by atoms with Gasteiger partial charge in [0.05, 0.1) is 13.2 Å². The largest absolute Gasteiger partial charge is 0.490 e. The van der Waals surface area contributed by atoms with Gasteiger partial charge in [-0.2, -0.15) is 5.26 Å². The van der Waals surface area contributed by atoms with E-state index in [0.717, 1.165) is 24.6 Å². The average Bonchev–Trinajstić information content (AvgIpc) is 2.68. The molecule has 0 aromatic heterocycles. The second-order valence-corrected chi connectivity index (χ2v) is 8.55. The first-order chi connectivity index (χ1) is 13.9. The molecule has 0 saturated heterocycles. The molecule has 1 unspecified atom stereocenters. The lowest BCUT2D eigenvalue weighted by atomic mass is 10.1. The smallest absolute Gasteiger partial charge is 0.251 e. The number of carbonyl (C=O) groups excluding carboxylic acids is 1. The van der Waals surface area contributed by atoms with Crippen LogP contribution in [-0.4, -0.2) is 44.3 Å². The highest BCUT2D eigenvalue weighted by atomic mass is 32.2. The predicted octanol–water partition coefficient (Wildman–Crippen LogP) is 4.46. The lowest BCUT2D eigenvalue weighted by Crippen LogP contribution is -2.25. The van der Waals surface area contributed by atoms with Crippen LogP contribution in [0.4, 0.5) is 0 Å². The summed E-state index contributed by atoms with van der Waals surface area (Å²) >= 11 is 1.01. The third-order valence-electron chi connectivity index (χ3n) is 3.89. The Morgan fingerprint density at radius 1 is 1.17 bits per heavy atom. The van der Waals surface area contributed by atoms with E-state index in [9.17, 15) is 4.79 Å². The minimum Gasteiger partial charge on any atom is -0.490 e. The molecule has 0 aliphatic rings. The van der Waals surface area contributed by atoms with Gasteiger partial charge in [-0.15, -0.1) is 0 Å². The number of benzene rings is 1. The van der Waals surface area contributed by atoms with Crippen molar-refractivity contribution in [1.29, 1.82) is 5.26 Å². The molecule has 0 radical (unpaired) electrons. The Balaban J connectivity index is 2.43. The van der Waals surface area contributed by atoms with Crippen LogP contribution in [0.25, 0.3) is 0 Å². The van der Waals surface area contributed by atoms with E-state index in [1.165, 1.54) is 0 Å². The molecule has 1 aromatic carbocycles. The zero-order chi connectivity index (χ0) is 21.5. The Bertz CT molecular complexity index is 631. The Morgan fingerprint density at radius 3 is 2.66 bits per heavy atom. The monoisotopic (exact) mass is 422 g/mol. The Kier molecular flexibility index (Phi) is 13.2. The minimum atomic E-state index is -0.420. The van der Waals surface area contributed by atoms with Crippen molar-refractivity contribution in [3.63, 3.8) is 0 Å². The molecule has 1 rings (SSSR count). The van der Waals surface area contributed by atoms with Gasteiger partial charge in [0.2, 0.25) is 0 Å². The van der Waals surface area contributed by atoms with E-state index in [-0.39, 0.29) is 12.5 Å². The predicted molar refractivity (Wildman–Crippen MR) is 117 cm³/mol. The maximum absolute atomic E-state index is 12.3. The van der Waals surface area contributed by atoms with Crippen LogP contribution >= 0.6 is 11.8 Å². The summed E-state index contributed by atoms with van der Waals surface area (Å²) in [4.78, 5) is 12.3. The van der Waals surface area contributed by atoms with Gasteiger partial charge in [-0.3, -0.25) is 4.79 Å². The topological polar surface area (TPSA) is 80.6 Å². The first-order valence-corrected chi connectivity index (χ1v) is 11.1. The lowest BCUT2D eigenvalue weighted by Gasteiger charge is -2.16. The van der Waals surface area contributed by atoms with Gasteiger partial charge in [-0.05, 0) is 54.6 Å². The highest BCUT2D eigenvalue weighted by Gasteiger charge is 2.12. The number of rotatable bonds is 15.